The van der Waals surface area contributed by atoms with E-state index in [-0.39, 0.29) is 6.61 Å². The van der Waals surface area contributed by atoms with E-state index >= 15 is 0 Å². The number of aromatic nitrogens is 1. The van der Waals surface area contributed by atoms with Crippen molar-refractivity contribution in [1.82, 2.24) is 4.98 Å². The Morgan fingerprint density at radius 3 is 2.85 bits per heavy atom. The van der Waals surface area contributed by atoms with E-state index in [9.17, 15) is 0 Å². The molecule has 0 saturated carbocycles. The van der Waals surface area contributed by atoms with Gasteiger partial charge >= 0.3 is 0 Å². The van der Waals surface area contributed by atoms with Gasteiger partial charge in [-0.25, -0.2) is 4.98 Å². The molecule has 0 amide bonds. The summed E-state index contributed by atoms with van der Waals surface area (Å²) >= 11 is 7.69. The zero-order valence-corrected chi connectivity index (χ0v) is 12.4. The molecule has 102 valence electrons. The zero-order valence-electron chi connectivity index (χ0n) is 10.8. The molecule has 0 fully saturated rings. The van der Waals surface area contributed by atoms with E-state index in [1.807, 2.05) is 36.4 Å². The van der Waals surface area contributed by atoms with Crippen LogP contribution in [-0.4, -0.2) is 16.7 Å². The molecule has 0 radical (unpaired) electrons. The summed E-state index contributed by atoms with van der Waals surface area (Å²) in [6.45, 7) is 0.0907. The van der Waals surface area contributed by atoms with E-state index in [0.29, 0.717) is 11.4 Å². The van der Waals surface area contributed by atoms with Gasteiger partial charge < -0.3 is 5.11 Å². The van der Waals surface area contributed by atoms with Gasteiger partial charge in [-0.15, -0.1) is 11.8 Å². The third kappa shape index (κ3) is 4.28. The van der Waals surface area contributed by atoms with Gasteiger partial charge in [0, 0.05) is 23.9 Å². The number of thioether (sulfide) groups is 1. The number of hydrogen-bond donors (Lipinski definition) is 1. The maximum atomic E-state index is 8.77. The number of pyridine rings is 1. The first-order valence-corrected chi connectivity index (χ1v) is 7.58. The van der Waals surface area contributed by atoms with Crippen molar-refractivity contribution in [2.24, 2.45) is 0 Å². The van der Waals surface area contributed by atoms with Crippen molar-refractivity contribution in [3.8, 4) is 11.8 Å². The number of benzene rings is 1. The van der Waals surface area contributed by atoms with Crippen LogP contribution in [0.1, 0.15) is 17.5 Å². The Morgan fingerprint density at radius 2 is 2.05 bits per heavy atom. The van der Waals surface area contributed by atoms with E-state index < -0.39 is 0 Å². The summed E-state index contributed by atoms with van der Waals surface area (Å²) in [5, 5.41) is 10.3. The van der Waals surface area contributed by atoms with Crippen LogP contribution in [0.25, 0.3) is 0 Å². The fourth-order valence-corrected chi connectivity index (χ4v) is 2.78. The minimum atomic E-state index is 0.0907. The summed E-state index contributed by atoms with van der Waals surface area (Å²) in [6, 6.07) is 11.6. The van der Waals surface area contributed by atoms with Gasteiger partial charge in [-0.1, -0.05) is 41.6 Å². The van der Waals surface area contributed by atoms with Crippen LogP contribution in [0.5, 0.6) is 0 Å². The predicted octanol–water partition coefficient (Wildman–Crippen LogP) is 3.76. The molecule has 0 unspecified atom stereocenters. The zero-order chi connectivity index (χ0) is 14.2. The lowest BCUT2D eigenvalue weighted by Gasteiger charge is -2.05. The SMILES string of the molecule is OCCC#Cc1ccccc1CSc1ncccc1Cl. The van der Waals surface area contributed by atoms with Crippen LogP contribution < -0.4 is 0 Å². The lowest BCUT2D eigenvalue weighted by Crippen LogP contribution is -1.89. The van der Waals surface area contributed by atoms with E-state index in [1.165, 1.54) is 0 Å². The minimum Gasteiger partial charge on any atom is -0.395 e. The largest absolute Gasteiger partial charge is 0.395 e. The summed E-state index contributed by atoms with van der Waals surface area (Å²) in [4.78, 5) is 4.26. The third-order valence-electron chi connectivity index (χ3n) is 2.57. The maximum Gasteiger partial charge on any atom is 0.115 e. The van der Waals surface area contributed by atoms with Gasteiger partial charge in [-0.05, 0) is 23.8 Å². The number of hydrogen-bond acceptors (Lipinski definition) is 3. The van der Waals surface area contributed by atoms with Crippen molar-refractivity contribution in [3.63, 3.8) is 0 Å². The van der Waals surface area contributed by atoms with Crippen LogP contribution in [0, 0.1) is 11.8 Å². The van der Waals surface area contributed by atoms with Crippen LogP contribution in [0.3, 0.4) is 0 Å². The summed E-state index contributed by atoms with van der Waals surface area (Å²) in [6.07, 6.45) is 2.23. The number of aliphatic hydroxyl groups is 1. The predicted molar refractivity (Wildman–Crippen MR) is 83.8 cm³/mol. The number of nitrogens with zero attached hydrogens (tertiary/aromatic N) is 1. The minimum absolute atomic E-state index is 0.0907. The van der Waals surface area contributed by atoms with Crippen LogP contribution >= 0.6 is 23.4 Å². The van der Waals surface area contributed by atoms with Crippen LogP contribution in [0.15, 0.2) is 47.6 Å². The normalized spacial score (nSPS) is 9.90. The topological polar surface area (TPSA) is 33.1 Å². The molecule has 1 N–H and O–H groups in total. The second kappa shape index (κ2) is 7.96. The smallest absolute Gasteiger partial charge is 0.115 e. The molecule has 1 aromatic heterocycles. The van der Waals surface area contributed by atoms with Crippen molar-refractivity contribution in [2.75, 3.05) is 6.61 Å². The van der Waals surface area contributed by atoms with E-state index in [4.69, 9.17) is 16.7 Å². The quantitative estimate of drug-likeness (QED) is 0.689. The lowest BCUT2D eigenvalue weighted by molar-refractivity contribution is 0.305. The number of halogens is 1. The maximum absolute atomic E-state index is 8.77. The molecule has 0 saturated heterocycles. The van der Waals surface area contributed by atoms with Crippen LogP contribution in [0.4, 0.5) is 0 Å². The average molecular weight is 304 g/mol. The van der Waals surface area contributed by atoms with E-state index in [2.05, 4.69) is 16.8 Å². The van der Waals surface area contributed by atoms with Gasteiger partial charge in [0.25, 0.3) is 0 Å². The molecule has 1 heterocycles. The second-order valence-corrected chi connectivity index (χ2v) is 5.38. The molecule has 0 atom stereocenters. The first kappa shape index (κ1) is 14.9. The molecule has 1 aromatic carbocycles. The van der Waals surface area contributed by atoms with E-state index in [0.717, 1.165) is 21.9 Å². The Hall–Kier alpha value is -1.47. The summed E-state index contributed by atoms with van der Waals surface area (Å²) in [7, 11) is 0. The van der Waals surface area contributed by atoms with E-state index in [1.54, 1.807) is 18.0 Å². The highest BCUT2D eigenvalue weighted by molar-refractivity contribution is 7.98. The molecule has 2 aromatic rings. The van der Waals surface area contributed by atoms with Crippen LogP contribution in [0.2, 0.25) is 5.02 Å². The molecule has 0 bridgehead atoms. The summed E-state index contributed by atoms with van der Waals surface area (Å²) in [5.74, 6) is 6.80. The van der Waals surface area contributed by atoms with Crippen molar-refractivity contribution in [1.29, 1.82) is 0 Å². The highest BCUT2D eigenvalue weighted by Crippen LogP contribution is 2.28. The Balaban J connectivity index is 2.10. The molecule has 0 aliphatic heterocycles. The molecule has 0 aliphatic carbocycles. The monoisotopic (exact) mass is 303 g/mol. The molecule has 2 nitrogen and oxygen atoms in total. The molecule has 0 aliphatic rings. The Labute approximate surface area is 128 Å². The van der Waals surface area contributed by atoms with Crippen molar-refractivity contribution < 1.29 is 5.11 Å². The molecule has 4 heteroatoms. The first-order chi connectivity index (χ1) is 9.81. The van der Waals surface area contributed by atoms with Gasteiger partial charge in [-0.3, -0.25) is 0 Å². The Morgan fingerprint density at radius 1 is 1.20 bits per heavy atom. The number of aliphatic hydroxyl groups excluding tert-OH is 1. The van der Waals surface area contributed by atoms with Crippen molar-refractivity contribution in [3.05, 3.63) is 58.7 Å². The lowest BCUT2D eigenvalue weighted by atomic mass is 10.1. The van der Waals surface area contributed by atoms with Gasteiger partial charge in [-0.2, -0.15) is 0 Å². The fraction of sp³-hybridized carbons (Fsp3) is 0.188. The molecule has 20 heavy (non-hydrogen) atoms. The third-order valence-corrected chi connectivity index (χ3v) is 4.04. The molecular weight excluding hydrogens is 290 g/mol. The summed E-state index contributed by atoms with van der Waals surface area (Å²) < 4.78 is 0. The molecule has 2 rings (SSSR count). The van der Waals surface area contributed by atoms with Crippen LogP contribution in [-0.2, 0) is 5.75 Å². The van der Waals surface area contributed by atoms with Crippen molar-refractivity contribution in [2.45, 2.75) is 17.2 Å². The van der Waals surface area contributed by atoms with Gasteiger partial charge in [0.15, 0.2) is 0 Å². The van der Waals surface area contributed by atoms with Gasteiger partial charge in [0.2, 0.25) is 0 Å². The fourth-order valence-electron chi connectivity index (χ4n) is 1.61. The number of rotatable bonds is 4. The highest BCUT2D eigenvalue weighted by Gasteiger charge is 2.04. The summed E-state index contributed by atoms with van der Waals surface area (Å²) in [5.41, 5.74) is 2.13. The van der Waals surface area contributed by atoms with Crippen molar-refractivity contribution >= 4 is 23.4 Å². The van der Waals surface area contributed by atoms with Gasteiger partial charge in [0.1, 0.15) is 5.03 Å². The Bertz CT molecular complexity index is 634. The molecular formula is C16H14ClNOS. The Kier molecular flexibility index (Phi) is 5.94. The molecule has 0 spiro atoms. The highest BCUT2D eigenvalue weighted by atomic mass is 35.5. The average Bonchev–Trinajstić information content (AvgIpc) is 2.48. The standard InChI is InChI=1S/C16H14ClNOS/c17-15-9-5-10-18-16(15)20-12-14-8-2-1-6-13(14)7-3-4-11-19/h1-2,5-6,8-10,19H,4,11-12H2. The van der Waals surface area contributed by atoms with Gasteiger partial charge in [0.05, 0.1) is 11.6 Å². The first-order valence-electron chi connectivity index (χ1n) is 6.22. The second-order valence-electron chi connectivity index (χ2n) is 4.01.